The Morgan fingerprint density at radius 3 is 1.49 bits per heavy atom. The highest BCUT2D eigenvalue weighted by molar-refractivity contribution is 6.06. The summed E-state index contributed by atoms with van der Waals surface area (Å²) in [5.41, 5.74) is 16.3. The molecule has 0 saturated heterocycles. The molecule has 2 heterocycles. The third-order valence-electron chi connectivity index (χ3n) is 8.74. The Kier molecular flexibility index (Phi) is 5.23. The van der Waals surface area contributed by atoms with Crippen molar-refractivity contribution < 1.29 is 4.42 Å². The molecule has 6 aromatic carbocycles. The van der Waals surface area contributed by atoms with Gasteiger partial charge in [-0.15, -0.1) is 0 Å². The van der Waals surface area contributed by atoms with Crippen LogP contribution >= 0.6 is 0 Å². The van der Waals surface area contributed by atoms with E-state index in [2.05, 4.69) is 145 Å². The van der Waals surface area contributed by atoms with Crippen LogP contribution in [0.1, 0.15) is 0 Å². The third kappa shape index (κ3) is 3.77. The van der Waals surface area contributed by atoms with E-state index in [9.17, 15) is 0 Å². The van der Waals surface area contributed by atoms with Crippen LogP contribution in [-0.2, 0) is 0 Å². The highest BCUT2D eigenvalue weighted by Crippen LogP contribution is 2.48. The van der Waals surface area contributed by atoms with Crippen LogP contribution in [0, 0.1) is 0 Å². The molecule has 1 aliphatic rings. The first-order valence-electron chi connectivity index (χ1n) is 14.6. The van der Waals surface area contributed by atoms with Gasteiger partial charge in [0, 0.05) is 17.0 Å². The first-order valence-corrected chi connectivity index (χ1v) is 14.6. The summed E-state index contributed by atoms with van der Waals surface area (Å²) in [6, 6.07) is 52.6. The summed E-state index contributed by atoms with van der Waals surface area (Å²) in [6.07, 6.45) is 1.77. The van der Waals surface area contributed by atoms with Crippen LogP contribution in [0.3, 0.4) is 0 Å². The second-order valence-corrected chi connectivity index (χ2v) is 11.1. The number of aromatic nitrogens is 1. The Morgan fingerprint density at radius 1 is 0.349 bits per heavy atom. The number of nitrogens with zero attached hydrogens (tertiary/aromatic N) is 1. The lowest BCUT2D eigenvalue weighted by atomic mass is 9.80. The van der Waals surface area contributed by atoms with Crippen molar-refractivity contribution in [3.05, 3.63) is 152 Å². The molecule has 2 aromatic heterocycles. The van der Waals surface area contributed by atoms with Gasteiger partial charge in [0.25, 0.3) is 0 Å². The van der Waals surface area contributed by atoms with Gasteiger partial charge in [-0.05, 0) is 103 Å². The smallest absolute Gasteiger partial charge is 0.227 e. The number of pyridine rings is 1. The summed E-state index contributed by atoms with van der Waals surface area (Å²) < 4.78 is 5.97. The molecule has 0 saturated carbocycles. The molecule has 0 bridgehead atoms. The van der Waals surface area contributed by atoms with E-state index in [0.717, 1.165) is 21.9 Å². The average Bonchev–Trinajstić information content (AvgIpc) is 3.46. The molecule has 0 N–H and O–H groups in total. The van der Waals surface area contributed by atoms with Gasteiger partial charge in [0.15, 0.2) is 0 Å². The van der Waals surface area contributed by atoms with Crippen molar-refractivity contribution in [2.75, 3.05) is 0 Å². The minimum Gasteiger partial charge on any atom is -0.438 e. The Labute approximate surface area is 249 Å². The number of rotatable bonds is 2. The molecule has 0 atom stereocenters. The summed E-state index contributed by atoms with van der Waals surface area (Å²) >= 11 is 0. The number of fused-ring (bicyclic) bond motifs is 11. The van der Waals surface area contributed by atoms with Crippen LogP contribution in [0.2, 0.25) is 0 Å². The van der Waals surface area contributed by atoms with Gasteiger partial charge in [0.05, 0.1) is 0 Å². The zero-order valence-corrected chi connectivity index (χ0v) is 23.3. The van der Waals surface area contributed by atoms with Crippen LogP contribution in [0.5, 0.6) is 0 Å². The molecular weight excluding hydrogens is 522 g/mol. The molecule has 0 unspecified atom stereocenters. The maximum Gasteiger partial charge on any atom is 0.227 e. The van der Waals surface area contributed by atoms with E-state index in [1.165, 1.54) is 61.2 Å². The first-order chi connectivity index (χ1) is 21.3. The van der Waals surface area contributed by atoms with E-state index in [-0.39, 0.29) is 0 Å². The van der Waals surface area contributed by atoms with Crippen molar-refractivity contribution in [3.63, 3.8) is 0 Å². The Balaban J connectivity index is 1.22. The molecule has 0 fully saturated rings. The second-order valence-electron chi connectivity index (χ2n) is 11.1. The zero-order valence-electron chi connectivity index (χ0n) is 23.3. The largest absolute Gasteiger partial charge is 0.438 e. The standard InChI is InChI=1S/C41H25NO/c1-2-12-31-30(11-1)32-13-3-4-15-34(32)36-20-18-28(24-38(36)35-16-6-5-14-33(31)35)26-9-7-10-27(23-26)29-19-21-40-39(25-29)37-17-8-22-42-41(37)43-40/h1-25H. The van der Waals surface area contributed by atoms with Gasteiger partial charge in [-0.3, -0.25) is 0 Å². The van der Waals surface area contributed by atoms with Gasteiger partial charge in [-0.25, -0.2) is 4.98 Å². The Bertz CT molecular complexity index is 2350. The van der Waals surface area contributed by atoms with E-state index >= 15 is 0 Å². The van der Waals surface area contributed by atoms with Gasteiger partial charge < -0.3 is 4.42 Å². The average molecular weight is 548 g/mol. The van der Waals surface area contributed by atoms with Crippen molar-refractivity contribution in [1.29, 1.82) is 0 Å². The quantitative estimate of drug-likeness (QED) is 0.215. The molecular formula is C41H25NO. The van der Waals surface area contributed by atoms with E-state index in [0.29, 0.717) is 5.71 Å². The molecule has 200 valence electrons. The summed E-state index contributed by atoms with van der Waals surface area (Å²) in [5, 5.41) is 2.13. The maximum absolute atomic E-state index is 5.97. The van der Waals surface area contributed by atoms with Gasteiger partial charge in [0.2, 0.25) is 5.71 Å². The molecule has 0 spiro atoms. The van der Waals surface area contributed by atoms with Crippen LogP contribution in [-0.4, -0.2) is 4.98 Å². The Morgan fingerprint density at radius 2 is 0.860 bits per heavy atom. The van der Waals surface area contributed by atoms with Gasteiger partial charge in [-0.2, -0.15) is 0 Å². The zero-order chi connectivity index (χ0) is 28.3. The van der Waals surface area contributed by atoms with Crippen molar-refractivity contribution >= 4 is 22.1 Å². The van der Waals surface area contributed by atoms with Crippen molar-refractivity contribution in [3.8, 4) is 66.8 Å². The van der Waals surface area contributed by atoms with Gasteiger partial charge in [-0.1, -0.05) is 109 Å². The fourth-order valence-electron chi connectivity index (χ4n) is 6.71. The molecule has 2 nitrogen and oxygen atoms in total. The van der Waals surface area contributed by atoms with E-state index in [1.54, 1.807) is 6.20 Å². The molecule has 2 heteroatoms. The molecule has 9 rings (SSSR count). The van der Waals surface area contributed by atoms with E-state index in [1.807, 2.05) is 6.07 Å². The monoisotopic (exact) mass is 547 g/mol. The number of hydrogen-bond acceptors (Lipinski definition) is 2. The minimum atomic E-state index is 0.675. The molecule has 0 aliphatic heterocycles. The highest BCUT2D eigenvalue weighted by atomic mass is 16.3. The molecule has 43 heavy (non-hydrogen) atoms. The van der Waals surface area contributed by atoms with Crippen LogP contribution < -0.4 is 0 Å². The first kappa shape index (κ1) is 23.9. The molecule has 1 aliphatic carbocycles. The summed E-state index contributed by atoms with van der Waals surface area (Å²) in [6.45, 7) is 0. The SMILES string of the molecule is c1cc(-c2ccc3c(c2)-c2ccccc2-c2ccccc2-c2ccccc2-3)cc(-c2ccc3oc4ncccc4c3c2)c1. The topological polar surface area (TPSA) is 26.0 Å². The normalized spacial score (nSPS) is 11.7. The second kappa shape index (κ2) is 9.40. The lowest BCUT2D eigenvalue weighted by Crippen LogP contribution is -1.97. The third-order valence-corrected chi connectivity index (χ3v) is 8.74. The van der Waals surface area contributed by atoms with E-state index < -0.39 is 0 Å². The minimum absolute atomic E-state index is 0.675. The number of benzene rings is 6. The van der Waals surface area contributed by atoms with Crippen molar-refractivity contribution in [2.24, 2.45) is 0 Å². The fourth-order valence-corrected chi connectivity index (χ4v) is 6.71. The highest BCUT2D eigenvalue weighted by Gasteiger charge is 2.22. The summed E-state index contributed by atoms with van der Waals surface area (Å²) in [4.78, 5) is 4.40. The van der Waals surface area contributed by atoms with Crippen LogP contribution in [0.25, 0.3) is 88.8 Å². The summed E-state index contributed by atoms with van der Waals surface area (Å²) in [5.74, 6) is 0. The van der Waals surface area contributed by atoms with E-state index in [4.69, 9.17) is 4.42 Å². The van der Waals surface area contributed by atoms with Crippen LogP contribution in [0.15, 0.2) is 156 Å². The Hall–Kier alpha value is -5.73. The van der Waals surface area contributed by atoms with Crippen LogP contribution in [0.4, 0.5) is 0 Å². The molecule has 0 radical (unpaired) electrons. The van der Waals surface area contributed by atoms with Crippen molar-refractivity contribution in [1.82, 2.24) is 4.98 Å². The lowest BCUT2D eigenvalue weighted by Gasteiger charge is -2.23. The molecule has 0 amide bonds. The number of furan rings is 1. The maximum atomic E-state index is 5.97. The lowest BCUT2D eigenvalue weighted by molar-refractivity contribution is 0.654. The van der Waals surface area contributed by atoms with Gasteiger partial charge in [0.1, 0.15) is 5.58 Å². The van der Waals surface area contributed by atoms with Crippen molar-refractivity contribution in [2.45, 2.75) is 0 Å². The summed E-state index contributed by atoms with van der Waals surface area (Å²) in [7, 11) is 0. The fraction of sp³-hybridized carbons (Fsp3) is 0. The predicted molar refractivity (Wildman–Crippen MR) is 178 cm³/mol. The number of hydrogen-bond donors (Lipinski definition) is 0. The predicted octanol–water partition coefficient (Wildman–Crippen LogP) is 11.3. The molecule has 8 aromatic rings. The van der Waals surface area contributed by atoms with Gasteiger partial charge >= 0.3 is 0 Å².